The van der Waals surface area contributed by atoms with Crippen LogP contribution in [0.3, 0.4) is 0 Å². The number of fused-ring (bicyclic) bond motifs is 1. The lowest BCUT2D eigenvalue weighted by atomic mass is 10.2. The van der Waals surface area contributed by atoms with E-state index in [0.29, 0.717) is 18.3 Å². The van der Waals surface area contributed by atoms with Gasteiger partial charge in [0.25, 0.3) is 0 Å². The van der Waals surface area contributed by atoms with Crippen molar-refractivity contribution in [1.29, 1.82) is 0 Å². The van der Waals surface area contributed by atoms with Crippen molar-refractivity contribution in [2.45, 2.75) is 0 Å². The summed E-state index contributed by atoms with van der Waals surface area (Å²) in [6, 6.07) is 28.0. The second kappa shape index (κ2) is 7.85. The molecule has 0 radical (unpaired) electrons. The van der Waals surface area contributed by atoms with Crippen LogP contribution in [0.15, 0.2) is 84.9 Å². The van der Waals surface area contributed by atoms with Crippen molar-refractivity contribution in [3.05, 3.63) is 84.9 Å². The van der Waals surface area contributed by atoms with Crippen molar-refractivity contribution >= 4 is 34.0 Å². The van der Waals surface area contributed by atoms with Gasteiger partial charge in [-0.1, -0.05) is 48.5 Å². The maximum atomic E-state index is 9.22. The van der Waals surface area contributed by atoms with Crippen molar-refractivity contribution in [1.82, 2.24) is 9.97 Å². The lowest BCUT2D eigenvalue weighted by molar-refractivity contribution is 0.311. The summed E-state index contributed by atoms with van der Waals surface area (Å²) in [4.78, 5) is 11.6. The first kappa shape index (κ1) is 17.0. The van der Waals surface area contributed by atoms with Crippen LogP contribution in [0.25, 0.3) is 10.9 Å². The molecular formula is C22H20N4O. The summed E-state index contributed by atoms with van der Waals surface area (Å²) in [6.07, 6.45) is 0. The third-order valence-corrected chi connectivity index (χ3v) is 4.22. The molecule has 0 atom stereocenters. The van der Waals surface area contributed by atoms with Gasteiger partial charge in [0.1, 0.15) is 5.82 Å². The van der Waals surface area contributed by atoms with Gasteiger partial charge in [-0.2, -0.15) is 4.98 Å². The van der Waals surface area contributed by atoms with Crippen LogP contribution in [0.5, 0.6) is 0 Å². The van der Waals surface area contributed by atoms with Crippen LogP contribution in [-0.2, 0) is 0 Å². The van der Waals surface area contributed by atoms with Gasteiger partial charge in [-0.15, -0.1) is 0 Å². The fourth-order valence-electron chi connectivity index (χ4n) is 3.01. The van der Waals surface area contributed by atoms with E-state index in [2.05, 4.69) is 5.32 Å². The first-order valence-corrected chi connectivity index (χ1v) is 8.88. The summed E-state index contributed by atoms with van der Waals surface area (Å²) in [5.41, 5.74) is 2.80. The number of aliphatic hydroxyl groups is 1. The fraction of sp³-hybridized carbons (Fsp3) is 0.0909. The van der Waals surface area contributed by atoms with Crippen LogP contribution < -0.4 is 10.2 Å². The highest BCUT2D eigenvalue weighted by molar-refractivity contribution is 5.91. The second-order valence-corrected chi connectivity index (χ2v) is 6.05. The number of nitrogens with one attached hydrogen (secondary N) is 1. The number of hydrogen-bond donors (Lipinski definition) is 2. The van der Waals surface area contributed by atoms with Gasteiger partial charge in [0.05, 0.1) is 12.1 Å². The molecule has 0 fully saturated rings. The average molecular weight is 356 g/mol. The minimum atomic E-state index is 0.0365. The van der Waals surface area contributed by atoms with Gasteiger partial charge in [0.15, 0.2) is 0 Å². The molecule has 2 N–H and O–H groups in total. The number of hydrogen-bond acceptors (Lipinski definition) is 5. The normalized spacial score (nSPS) is 10.7. The summed E-state index contributed by atoms with van der Waals surface area (Å²) in [5.74, 6) is 1.29. The molecule has 3 aromatic carbocycles. The molecular weight excluding hydrogens is 336 g/mol. The first-order valence-electron chi connectivity index (χ1n) is 8.88. The molecule has 4 aromatic rings. The van der Waals surface area contributed by atoms with Crippen LogP contribution in [0.4, 0.5) is 23.1 Å². The Kier molecular flexibility index (Phi) is 4.94. The SMILES string of the molecule is OCCNc1nc(N(c2ccccc2)c2ccccc2)nc2ccccc12. The van der Waals surface area contributed by atoms with Gasteiger partial charge < -0.3 is 10.4 Å². The highest BCUT2D eigenvalue weighted by Gasteiger charge is 2.17. The van der Waals surface area contributed by atoms with E-state index in [9.17, 15) is 5.11 Å². The van der Waals surface area contributed by atoms with Crippen LogP contribution in [0.1, 0.15) is 0 Å². The molecule has 0 aliphatic heterocycles. The van der Waals surface area contributed by atoms with Crippen molar-refractivity contribution in [2.75, 3.05) is 23.4 Å². The second-order valence-electron chi connectivity index (χ2n) is 6.05. The van der Waals surface area contributed by atoms with Crippen LogP contribution >= 0.6 is 0 Å². The van der Waals surface area contributed by atoms with Gasteiger partial charge >= 0.3 is 0 Å². The summed E-state index contributed by atoms with van der Waals surface area (Å²) >= 11 is 0. The summed E-state index contributed by atoms with van der Waals surface area (Å²) in [5, 5.41) is 13.4. The molecule has 0 amide bonds. The molecule has 1 aromatic heterocycles. The van der Waals surface area contributed by atoms with E-state index < -0.39 is 0 Å². The Morgan fingerprint density at radius 3 is 1.96 bits per heavy atom. The number of aromatic nitrogens is 2. The maximum absolute atomic E-state index is 9.22. The summed E-state index contributed by atoms with van der Waals surface area (Å²) in [6.45, 7) is 0.464. The first-order chi connectivity index (χ1) is 13.4. The maximum Gasteiger partial charge on any atom is 0.237 e. The minimum absolute atomic E-state index is 0.0365. The topological polar surface area (TPSA) is 61.3 Å². The molecule has 0 saturated carbocycles. The number of aliphatic hydroxyl groups excluding tert-OH is 1. The predicted octanol–water partition coefficient (Wildman–Crippen LogP) is 4.50. The van der Waals surface area contributed by atoms with E-state index in [1.165, 1.54) is 0 Å². The molecule has 4 rings (SSSR count). The number of anilines is 4. The molecule has 1 heterocycles. The van der Waals surface area contributed by atoms with Crippen LogP contribution in [0.2, 0.25) is 0 Å². The monoisotopic (exact) mass is 356 g/mol. The molecule has 0 aliphatic carbocycles. The average Bonchev–Trinajstić information content (AvgIpc) is 2.74. The van der Waals surface area contributed by atoms with Crippen LogP contribution in [0, 0.1) is 0 Å². The van der Waals surface area contributed by atoms with Crippen LogP contribution in [-0.4, -0.2) is 28.2 Å². The van der Waals surface area contributed by atoms with Gasteiger partial charge in [-0.3, -0.25) is 4.90 Å². The Balaban J connectivity index is 1.91. The van der Waals surface area contributed by atoms with Gasteiger partial charge in [0.2, 0.25) is 5.95 Å². The standard InChI is InChI=1S/C22H20N4O/c27-16-15-23-21-19-13-7-8-14-20(19)24-22(25-21)26(17-9-3-1-4-10-17)18-11-5-2-6-12-18/h1-14,27H,15-16H2,(H,23,24,25). The number of benzene rings is 3. The molecule has 0 saturated heterocycles. The Labute approximate surface area is 158 Å². The zero-order valence-electron chi connectivity index (χ0n) is 14.8. The molecule has 0 aliphatic rings. The third-order valence-electron chi connectivity index (χ3n) is 4.22. The Hall–Kier alpha value is -3.44. The largest absolute Gasteiger partial charge is 0.395 e. The van der Waals surface area contributed by atoms with E-state index in [0.717, 1.165) is 22.3 Å². The van der Waals surface area contributed by atoms with Gasteiger partial charge in [-0.25, -0.2) is 4.98 Å². The fourth-order valence-corrected chi connectivity index (χ4v) is 3.01. The minimum Gasteiger partial charge on any atom is -0.395 e. The van der Waals surface area contributed by atoms with E-state index in [4.69, 9.17) is 9.97 Å². The van der Waals surface area contributed by atoms with E-state index >= 15 is 0 Å². The summed E-state index contributed by atoms with van der Waals surface area (Å²) in [7, 11) is 0. The highest BCUT2D eigenvalue weighted by atomic mass is 16.3. The number of nitrogens with zero attached hydrogens (tertiary/aromatic N) is 3. The predicted molar refractivity (Wildman–Crippen MR) is 110 cm³/mol. The van der Waals surface area contributed by atoms with E-state index in [1.54, 1.807) is 0 Å². The lowest BCUT2D eigenvalue weighted by Gasteiger charge is -2.24. The van der Waals surface area contributed by atoms with Crippen molar-refractivity contribution < 1.29 is 5.11 Å². The summed E-state index contributed by atoms with van der Waals surface area (Å²) < 4.78 is 0. The molecule has 5 nitrogen and oxygen atoms in total. The van der Waals surface area contributed by atoms with Gasteiger partial charge in [-0.05, 0) is 36.4 Å². The van der Waals surface area contributed by atoms with E-state index in [1.807, 2.05) is 89.8 Å². The number of rotatable bonds is 6. The third kappa shape index (κ3) is 3.59. The quantitative estimate of drug-likeness (QED) is 0.532. The van der Waals surface area contributed by atoms with Crippen molar-refractivity contribution in [2.24, 2.45) is 0 Å². The molecule has 134 valence electrons. The molecule has 0 bridgehead atoms. The highest BCUT2D eigenvalue weighted by Crippen LogP contribution is 2.34. The lowest BCUT2D eigenvalue weighted by Crippen LogP contribution is -2.15. The Morgan fingerprint density at radius 1 is 0.741 bits per heavy atom. The van der Waals surface area contributed by atoms with E-state index in [-0.39, 0.29) is 6.61 Å². The Morgan fingerprint density at radius 2 is 1.33 bits per heavy atom. The molecule has 0 spiro atoms. The molecule has 5 heteroatoms. The molecule has 27 heavy (non-hydrogen) atoms. The Bertz CT molecular complexity index is 983. The van der Waals surface area contributed by atoms with Crippen molar-refractivity contribution in [3.8, 4) is 0 Å². The smallest absolute Gasteiger partial charge is 0.237 e. The molecule has 0 unspecified atom stereocenters. The number of para-hydroxylation sites is 3. The zero-order valence-corrected chi connectivity index (χ0v) is 14.8. The zero-order chi connectivity index (χ0) is 18.5. The van der Waals surface area contributed by atoms with Crippen molar-refractivity contribution in [3.63, 3.8) is 0 Å². The van der Waals surface area contributed by atoms with Gasteiger partial charge in [0, 0.05) is 23.3 Å².